The van der Waals surface area contributed by atoms with Gasteiger partial charge in [0.25, 0.3) is 5.91 Å². The summed E-state index contributed by atoms with van der Waals surface area (Å²) in [7, 11) is 0. The summed E-state index contributed by atoms with van der Waals surface area (Å²) in [5, 5.41) is 2.55. The molecule has 0 saturated carbocycles. The number of nitrogens with zero attached hydrogens (tertiary/aromatic N) is 1. The molecule has 1 fully saturated rings. The number of esters is 1. The zero-order valence-electron chi connectivity index (χ0n) is 12.4. The summed E-state index contributed by atoms with van der Waals surface area (Å²) >= 11 is 1.45. The molecule has 1 aliphatic carbocycles. The molecule has 1 atom stereocenters. The third kappa shape index (κ3) is 2.85. The molecule has 3 amide bonds. The maximum Gasteiger partial charge on any atom is 0.349 e. The van der Waals surface area contributed by atoms with Crippen LogP contribution in [0.15, 0.2) is 6.07 Å². The number of amides is 3. The number of carbonyl (C=O) groups excluding carboxylic acids is 3. The lowest BCUT2D eigenvalue weighted by atomic mass is 9.99. The van der Waals surface area contributed by atoms with Crippen LogP contribution in [-0.4, -0.2) is 42.0 Å². The first-order valence-corrected chi connectivity index (χ1v) is 8.29. The molecule has 6 nitrogen and oxygen atoms in total. The smallest absolute Gasteiger partial charge is 0.349 e. The van der Waals surface area contributed by atoms with Crippen LogP contribution in [0, 0.1) is 0 Å². The lowest BCUT2D eigenvalue weighted by molar-refractivity contribution is -0.135. The Labute approximate surface area is 132 Å². The van der Waals surface area contributed by atoms with Gasteiger partial charge in [-0.25, -0.2) is 9.59 Å². The summed E-state index contributed by atoms with van der Waals surface area (Å²) in [6, 6.07) is 1.45. The van der Waals surface area contributed by atoms with Gasteiger partial charge in [0, 0.05) is 18.0 Å². The first kappa shape index (κ1) is 15.0. The first-order chi connectivity index (χ1) is 10.6. The summed E-state index contributed by atoms with van der Waals surface area (Å²) in [5.74, 6) is -0.968. The maximum absolute atomic E-state index is 12.2. The van der Waals surface area contributed by atoms with Crippen molar-refractivity contribution in [2.24, 2.45) is 0 Å². The van der Waals surface area contributed by atoms with Gasteiger partial charge in [0.1, 0.15) is 4.88 Å². The number of carbonyl (C=O) groups is 3. The average Bonchev–Trinajstić information content (AvgIpc) is 3.12. The number of urea groups is 1. The fraction of sp³-hybridized carbons (Fsp3) is 0.533. The summed E-state index contributed by atoms with van der Waals surface area (Å²) in [6.07, 6.45) is 3.35. The molecule has 1 aromatic rings. The number of aryl methyl sites for hydroxylation is 2. The predicted molar refractivity (Wildman–Crippen MR) is 81.0 cm³/mol. The van der Waals surface area contributed by atoms with Crippen molar-refractivity contribution in [2.75, 3.05) is 13.1 Å². The average molecular weight is 322 g/mol. The van der Waals surface area contributed by atoms with Crippen molar-refractivity contribution in [1.82, 2.24) is 10.2 Å². The second-order valence-corrected chi connectivity index (χ2v) is 6.67. The minimum Gasteiger partial charge on any atom is -0.448 e. The number of thiophene rings is 1. The predicted octanol–water partition coefficient (Wildman–Crippen LogP) is 1.72. The molecular formula is C15H18N2O4S. The molecule has 0 radical (unpaired) electrons. The highest BCUT2D eigenvalue weighted by molar-refractivity contribution is 7.14. The molecule has 1 saturated heterocycles. The number of ether oxygens (including phenoxy) is 1. The Kier molecular flexibility index (Phi) is 4.15. The van der Waals surface area contributed by atoms with E-state index in [-0.39, 0.29) is 0 Å². The van der Waals surface area contributed by atoms with Gasteiger partial charge in [0.2, 0.25) is 0 Å². The van der Waals surface area contributed by atoms with E-state index in [4.69, 9.17) is 4.74 Å². The van der Waals surface area contributed by atoms with Crippen LogP contribution in [-0.2, 0) is 22.4 Å². The Morgan fingerprint density at radius 1 is 1.36 bits per heavy atom. The van der Waals surface area contributed by atoms with E-state index in [1.807, 2.05) is 6.07 Å². The minimum absolute atomic E-state index is 0.312. The molecule has 0 spiro atoms. The number of imide groups is 1. The van der Waals surface area contributed by atoms with Crippen molar-refractivity contribution in [3.63, 3.8) is 0 Å². The van der Waals surface area contributed by atoms with Gasteiger partial charge in [-0.05, 0) is 44.2 Å². The highest BCUT2D eigenvalue weighted by Gasteiger charge is 2.32. The topological polar surface area (TPSA) is 75.7 Å². The zero-order valence-corrected chi connectivity index (χ0v) is 13.2. The van der Waals surface area contributed by atoms with E-state index >= 15 is 0 Å². The second kappa shape index (κ2) is 6.08. The monoisotopic (exact) mass is 322 g/mol. The highest BCUT2D eigenvalue weighted by atomic mass is 32.1. The van der Waals surface area contributed by atoms with E-state index in [0.717, 1.165) is 30.6 Å². The van der Waals surface area contributed by atoms with Gasteiger partial charge in [-0.2, -0.15) is 0 Å². The van der Waals surface area contributed by atoms with E-state index in [1.54, 1.807) is 0 Å². The van der Waals surface area contributed by atoms with Crippen LogP contribution in [0.25, 0.3) is 0 Å². The molecule has 0 bridgehead atoms. The molecule has 1 aromatic heterocycles. The highest BCUT2D eigenvalue weighted by Crippen LogP contribution is 2.30. The van der Waals surface area contributed by atoms with Crippen molar-refractivity contribution < 1.29 is 19.1 Å². The van der Waals surface area contributed by atoms with Crippen molar-refractivity contribution in [2.45, 2.75) is 38.7 Å². The van der Waals surface area contributed by atoms with Gasteiger partial charge < -0.3 is 10.1 Å². The van der Waals surface area contributed by atoms with Gasteiger partial charge >= 0.3 is 12.0 Å². The van der Waals surface area contributed by atoms with Gasteiger partial charge in [-0.15, -0.1) is 11.3 Å². The Morgan fingerprint density at radius 2 is 2.14 bits per heavy atom. The van der Waals surface area contributed by atoms with Crippen LogP contribution in [0.4, 0.5) is 4.79 Å². The number of rotatable bonds is 3. The molecule has 22 heavy (non-hydrogen) atoms. The molecule has 1 N–H and O–H groups in total. The molecule has 2 aliphatic rings. The third-order valence-electron chi connectivity index (χ3n) is 3.95. The molecule has 3 rings (SSSR count). The fourth-order valence-corrected chi connectivity index (χ4v) is 3.90. The summed E-state index contributed by atoms with van der Waals surface area (Å²) in [4.78, 5) is 38.6. The lowest BCUT2D eigenvalue weighted by Gasteiger charge is -2.17. The van der Waals surface area contributed by atoms with Gasteiger partial charge in [-0.1, -0.05) is 0 Å². The number of hydrogen-bond donors (Lipinski definition) is 1. The van der Waals surface area contributed by atoms with Crippen LogP contribution in [0.1, 0.15) is 39.9 Å². The Morgan fingerprint density at radius 3 is 2.82 bits per heavy atom. The van der Waals surface area contributed by atoms with Crippen LogP contribution < -0.4 is 5.32 Å². The molecule has 1 aliphatic heterocycles. The fourth-order valence-electron chi connectivity index (χ4n) is 2.76. The van der Waals surface area contributed by atoms with Crippen molar-refractivity contribution in [3.8, 4) is 0 Å². The van der Waals surface area contributed by atoms with E-state index < -0.39 is 24.0 Å². The van der Waals surface area contributed by atoms with Crippen LogP contribution in [0.3, 0.4) is 0 Å². The molecule has 0 aromatic carbocycles. The lowest BCUT2D eigenvalue weighted by Crippen LogP contribution is -2.41. The van der Waals surface area contributed by atoms with E-state index in [0.29, 0.717) is 18.0 Å². The number of fused-ring (bicyclic) bond motifs is 1. The Bertz CT molecular complexity index is 602. The van der Waals surface area contributed by atoms with Crippen LogP contribution in [0.5, 0.6) is 0 Å². The normalized spacial score (nSPS) is 18.6. The SMILES string of the molecule is C[C@H](OC(=O)c1cc2c(s1)CCCC2)C(=O)N1CCNC1=O. The van der Waals surface area contributed by atoms with Crippen LogP contribution in [0.2, 0.25) is 0 Å². The summed E-state index contributed by atoms with van der Waals surface area (Å²) in [6.45, 7) is 2.25. The molecule has 2 heterocycles. The van der Waals surface area contributed by atoms with E-state index in [9.17, 15) is 14.4 Å². The van der Waals surface area contributed by atoms with Gasteiger partial charge in [0.05, 0.1) is 0 Å². The largest absolute Gasteiger partial charge is 0.448 e. The standard InChI is InChI=1S/C15H18N2O4S/c1-9(13(18)17-7-6-16-15(17)20)21-14(19)12-8-10-4-2-3-5-11(10)22-12/h8-9H,2-7H2,1H3,(H,16,20)/t9-/m0/s1. The van der Waals surface area contributed by atoms with Crippen LogP contribution >= 0.6 is 11.3 Å². The second-order valence-electron chi connectivity index (χ2n) is 5.54. The molecular weight excluding hydrogens is 304 g/mol. The molecule has 0 unspecified atom stereocenters. The Balaban J connectivity index is 1.64. The van der Waals surface area contributed by atoms with Crippen molar-refractivity contribution in [1.29, 1.82) is 0 Å². The summed E-state index contributed by atoms with van der Waals surface area (Å²) < 4.78 is 5.24. The maximum atomic E-state index is 12.2. The van der Waals surface area contributed by atoms with E-state index in [2.05, 4.69) is 5.32 Å². The first-order valence-electron chi connectivity index (χ1n) is 7.48. The molecule has 7 heteroatoms. The van der Waals surface area contributed by atoms with Crippen molar-refractivity contribution >= 4 is 29.2 Å². The van der Waals surface area contributed by atoms with Gasteiger partial charge in [0.15, 0.2) is 6.10 Å². The zero-order chi connectivity index (χ0) is 15.7. The number of nitrogens with one attached hydrogen (secondary N) is 1. The van der Waals surface area contributed by atoms with E-state index in [1.165, 1.54) is 28.7 Å². The Hall–Kier alpha value is -1.89. The number of hydrogen-bond acceptors (Lipinski definition) is 5. The van der Waals surface area contributed by atoms with Crippen molar-refractivity contribution in [3.05, 3.63) is 21.4 Å². The molecule has 118 valence electrons. The quantitative estimate of drug-likeness (QED) is 0.860. The third-order valence-corrected chi connectivity index (χ3v) is 5.17. The minimum atomic E-state index is -0.963. The van der Waals surface area contributed by atoms with Gasteiger partial charge in [-0.3, -0.25) is 9.69 Å². The summed E-state index contributed by atoms with van der Waals surface area (Å²) in [5.41, 5.74) is 1.22.